The Balaban J connectivity index is 2.28. The van der Waals surface area contributed by atoms with Crippen molar-refractivity contribution in [2.24, 2.45) is 0 Å². The standard InChI is InChI=1S/C12H13S/c1-2-3-7-11-9-10-6-4-5-8-12(10)13-11/h4-6,8-9H,1-3,7H2. The van der Waals surface area contributed by atoms with E-state index in [1.165, 1.54) is 27.8 Å². The lowest BCUT2D eigenvalue weighted by molar-refractivity contribution is 0.853. The Morgan fingerprint density at radius 2 is 2.08 bits per heavy atom. The number of thiophene rings is 1. The number of aryl methyl sites for hydroxylation is 1. The summed E-state index contributed by atoms with van der Waals surface area (Å²) in [6.45, 7) is 3.86. The van der Waals surface area contributed by atoms with Gasteiger partial charge < -0.3 is 0 Å². The maximum Gasteiger partial charge on any atom is 0.0345 e. The third-order valence-electron chi connectivity index (χ3n) is 2.15. The van der Waals surface area contributed by atoms with Crippen LogP contribution in [0.25, 0.3) is 10.1 Å². The summed E-state index contributed by atoms with van der Waals surface area (Å²) in [5, 5.41) is 1.38. The van der Waals surface area contributed by atoms with Crippen molar-refractivity contribution < 1.29 is 0 Å². The van der Waals surface area contributed by atoms with Crippen LogP contribution in [0.5, 0.6) is 0 Å². The molecular weight excluding hydrogens is 176 g/mol. The van der Waals surface area contributed by atoms with Crippen LogP contribution in [0.3, 0.4) is 0 Å². The Bertz CT molecular complexity index is 354. The van der Waals surface area contributed by atoms with Crippen LogP contribution in [0.15, 0.2) is 30.3 Å². The average Bonchev–Trinajstić information content (AvgIpc) is 2.57. The highest BCUT2D eigenvalue weighted by Gasteiger charge is 1.99. The molecule has 2 aromatic rings. The number of unbranched alkanes of at least 4 members (excludes halogenated alkanes) is 1. The topological polar surface area (TPSA) is 0 Å². The Hall–Kier alpha value is -0.820. The Kier molecular flexibility index (Phi) is 2.65. The predicted molar refractivity (Wildman–Crippen MR) is 60.1 cm³/mol. The number of hydrogen-bond donors (Lipinski definition) is 0. The lowest BCUT2D eigenvalue weighted by Gasteiger charge is -1.90. The van der Waals surface area contributed by atoms with Gasteiger partial charge in [0.05, 0.1) is 0 Å². The molecule has 0 nitrogen and oxygen atoms in total. The highest BCUT2D eigenvalue weighted by Crippen LogP contribution is 2.26. The predicted octanol–water partition coefficient (Wildman–Crippen LogP) is 4.06. The van der Waals surface area contributed by atoms with E-state index in [2.05, 4.69) is 37.3 Å². The van der Waals surface area contributed by atoms with Gasteiger partial charge in [-0.1, -0.05) is 31.5 Å². The molecule has 1 aromatic heterocycles. The van der Waals surface area contributed by atoms with Crippen molar-refractivity contribution in [2.75, 3.05) is 0 Å². The van der Waals surface area contributed by atoms with Crippen LogP contribution in [0.1, 0.15) is 17.7 Å². The van der Waals surface area contributed by atoms with E-state index in [1.54, 1.807) is 0 Å². The molecule has 0 aliphatic carbocycles. The molecule has 2 rings (SSSR count). The van der Waals surface area contributed by atoms with Gasteiger partial charge in [0, 0.05) is 9.58 Å². The first kappa shape index (κ1) is 8.76. The van der Waals surface area contributed by atoms with Crippen molar-refractivity contribution in [3.8, 4) is 0 Å². The summed E-state index contributed by atoms with van der Waals surface area (Å²) in [6, 6.07) is 10.9. The molecule has 0 fully saturated rings. The molecule has 0 spiro atoms. The van der Waals surface area contributed by atoms with Crippen LogP contribution in [0.2, 0.25) is 0 Å². The molecule has 67 valence electrons. The van der Waals surface area contributed by atoms with Crippen LogP contribution >= 0.6 is 11.3 Å². The first-order valence-corrected chi connectivity index (χ1v) is 5.48. The van der Waals surface area contributed by atoms with Crippen molar-refractivity contribution >= 4 is 21.4 Å². The van der Waals surface area contributed by atoms with Gasteiger partial charge in [-0.2, -0.15) is 0 Å². The summed E-state index contributed by atoms with van der Waals surface area (Å²) in [5.74, 6) is 0. The third kappa shape index (κ3) is 1.92. The molecule has 0 N–H and O–H groups in total. The number of hydrogen-bond acceptors (Lipinski definition) is 1. The molecule has 0 atom stereocenters. The molecule has 1 aromatic carbocycles. The molecule has 0 bridgehead atoms. The monoisotopic (exact) mass is 189 g/mol. The van der Waals surface area contributed by atoms with E-state index in [4.69, 9.17) is 0 Å². The summed E-state index contributed by atoms with van der Waals surface area (Å²) in [7, 11) is 0. The van der Waals surface area contributed by atoms with Gasteiger partial charge in [0.25, 0.3) is 0 Å². The maximum absolute atomic E-state index is 3.86. The summed E-state index contributed by atoms with van der Waals surface area (Å²) in [4.78, 5) is 1.49. The van der Waals surface area contributed by atoms with E-state index in [9.17, 15) is 0 Å². The second-order valence-electron chi connectivity index (χ2n) is 3.21. The maximum atomic E-state index is 3.86. The van der Waals surface area contributed by atoms with Crippen molar-refractivity contribution in [1.29, 1.82) is 0 Å². The van der Waals surface area contributed by atoms with Crippen molar-refractivity contribution in [3.05, 3.63) is 42.1 Å². The Morgan fingerprint density at radius 1 is 1.23 bits per heavy atom. The lowest BCUT2D eigenvalue weighted by Crippen LogP contribution is -1.76. The smallest absolute Gasteiger partial charge is 0.0345 e. The second kappa shape index (κ2) is 3.93. The molecular formula is C12H13S. The fourth-order valence-corrected chi connectivity index (χ4v) is 2.57. The first-order valence-electron chi connectivity index (χ1n) is 4.67. The summed E-state index contributed by atoms with van der Waals surface area (Å²) < 4.78 is 1.40. The molecule has 13 heavy (non-hydrogen) atoms. The fraction of sp³-hybridized carbons (Fsp3) is 0.250. The number of benzene rings is 1. The van der Waals surface area contributed by atoms with Crippen LogP contribution in [-0.2, 0) is 6.42 Å². The third-order valence-corrected chi connectivity index (χ3v) is 3.33. The van der Waals surface area contributed by atoms with Crippen LogP contribution in [-0.4, -0.2) is 0 Å². The van der Waals surface area contributed by atoms with Gasteiger partial charge in [0.2, 0.25) is 0 Å². The van der Waals surface area contributed by atoms with E-state index >= 15 is 0 Å². The van der Waals surface area contributed by atoms with E-state index < -0.39 is 0 Å². The molecule has 0 saturated carbocycles. The quantitative estimate of drug-likeness (QED) is 0.683. The van der Waals surface area contributed by atoms with Gasteiger partial charge in [0.1, 0.15) is 0 Å². The van der Waals surface area contributed by atoms with E-state index in [1.807, 2.05) is 11.3 Å². The molecule has 0 aliphatic rings. The minimum Gasteiger partial charge on any atom is -0.140 e. The van der Waals surface area contributed by atoms with Crippen molar-refractivity contribution in [3.63, 3.8) is 0 Å². The van der Waals surface area contributed by atoms with Crippen molar-refractivity contribution in [2.45, 2.75) is 19.3 Å². The Morgan fingerprint density at radius 3 is 2.85 bits per heavy atom. The molecule has 0 unspecified atom stereocenters. The van der Waals surface area contributed by atoms with Crippen LogP contribution in [0, 0.1) is 6.92 Å². The van der Waals surface area contributed by atoms with Gasteiger partial charge in [-0.25, -0.2) is 0 Å². The van der Waals surface area contributed by atoms with Gasteiger partial charge in [0.15, 0.2) is 0 Å². The molecule has 0 amide bonds. The van der Waals surface area contributed by atoms with Crippen LogP contribution in [0.4, 0.5) is 0 Å². The normalized spacial score (nSPS) is 10.8. The zero-order valence-corrected chi connectivity index (χ0v) is 8.44. The SMILES string of the molecule is [CH2]CCCc1cc2ccccc2s1. The summed E-state index contributed by atoms with van der Waals surface area (Å²) in [5.41, 5.74) is 0. The summed E-state index contributed by atoms with van der Waals surface area (Å²) >= 11 is 1.91. The highest BCUT2D eigenvalue weighted by molar-refractivity contribution is 7.19. The zero-order valence-electron chi connectivity index (χ0n) is 7.62. The minimum absolute atomic E-state index is 1.04. The molecule has 0 aliphatic heterocycles. The average molecular weight is 189 g/mol. The first-order chi connectivity index (χ1) is 6.40. The van der Waals surface area contributed by atoms with Gasteiger partial charge in [-0.15, -0.1) is 11.3 Å². The number of fused-ring (bicyclic) bond motifs is 1. The van der Waals surface area contributed by atoms with Crippen LogP contribution < -0.4 is 0 Å². The van der Waals surface area contributed by atoms with Gasteiger partial charge >= 0.3 is 0 Å². The minimum atomic E-state index is 1.04. The highest BCUT2D eigenvalue weighted by atomic mass is 32.1. The zero-order chi connectivity index (χ0) is 9.10. The lowest BCUT2D eigenvalue weighted by atomic mass is 10.2. The summed E-state index contributed by atoms with van der Waals surface area (Å²) in [6.07, 6.45) is 3.42. The molecule has 0 saturated heterocycles. The second-order valence-corrected chi connectivity index (χ2v) is 4.38. The molecule has 1 radical (unpaired) electrons. The number of rotatable bonds is 3. The van der Waals surface area contributed by atoms with E-state index in [-0.39, 0.29) is 0 Å². The van der Waals surface area contributed by atoms with E-state index in [0.29, 0.717) is 0 Å². The Labute approximate surface area is 83.2 Å². The molecule has 1 heteroatoms. The van der Waals surface area contributed by atoms with Crippen molar-refractivity contribution in [1.82, 2.24) is 0 Å². The van der Waals surface area contributed by atoms with Gasteiger partial charge in [-0.05, 0) is 30.4 Å². The molecule has 1 heterocycles. The van der Waals surface area contributed by atoms with E-state index in [0.717, 1.165) is 6.42 Å². The largest absolute Gasteiger partial charge is 0.140 e. The van der Waals surface area contributed by atoms with Gasteiger partial charge in [-0.3, -0.25) is 0 Å². The fourth-order valence-electron chi connectivity index (χ4n) is 1.46.